The molecule has 1 aromatic carbocycles. The number of carboxylic acid groups (broad SMARTS) is 1. The number of likely N-dealkylation sites (tertiary alicyclic amines) is 1. The summed E-state index contributed by atoms with van der Waals surface area (Å²) in [4.78, 5) is 25.4. The van der Waals surface area contributed by atoms with E-state index >= 15 is 0 Å². The zero-order valence-corrected chi connectivity index (χ0v) is 13.4. The Bertz CT molecular complexity index is 637. The molecule has 1 aliphatic heterocycles. The molecule has 1 heterocycles. The molecule has 2 rings (SSSR count). The van der Waals surface area contributed by atoms with E-state index < -0.39 is 23.9 Å². The van der Waals surface area contributed by atoms with Gasteiger partial charge in [0.1, 0.15) is 0 Å². The second kappa shape index (κ2) is 7.02. The van der Waals surface area contributed by atoms with E-state index in [0.29, 0.717) is 19.4 Å². The summed E-state index contributed by atoms with van der Waals surface area (Å²) < 4.78 is 34.3. The summed E-state index contributed by atoms with van der Waals surface area (Å²) in [6, 6.07) is 3.98. The number of piperidine rings is 1. The number of hydrogen-bond donors (Lipinski definition) is 1. The minimum absolute atomic E-state index is 0.0677. The van der Waals surface area contributed by atoms with Crippen LogP contribution >= 0.6 is 0 Å². The third-order valence-corrected chi connectivity index (χ3v) is 4.13. The van der Waals surface area contributed by atoms with E-state index in [1.807, 2.05) is 0 Å². The molecule has 0 aliphatic carbocycles. The lowest BCUT2D eigenvalue weighted by Gasteiger charge is -2.37. The molecule has 1 fully saturated rings. The van der Waals surface area contributed by atoms with Gasteiger partial charge in [-0.05, 0) is 38.0 Å². The number of nitrogens with zero attached hydrogens (tertiary/aromatic N) is 1. The van der Waals surface area contributed by atoms with Gasteiger partial charge in [-0.2, -0.15) is 8.78 Å². The highest BCUT2D eigenvalue weighted by Gasteiger charge is 2.39. The van der Waals surface area contributed by atoms with Crippen LogP contribution in [0, 0.1) is 5.41 Å². The predicted octanol–water partition coefficient (Wildman–Crippen LogP) is 2.62. The Morgan fingerprint density at radius 2 is 2.04 bits per heavy atom. The smallest absolute Gasteiger partial charge is 0.387 e. The molecule has 0 radical (unpaired) electrons. The van der Waals surface area contributed by atoms with Crippen molar-refractivity contribution in [3.8, 4) is 11.5 Å². The summed E-state index contributed by atoms with van der Waals surface area (Å²) >= 11 is 0. The Morgan fingerprint density at radius 1 is 1.33 bits per heavy atom. The SMILES string of the molecule is COc1ccc(C(=O)N2CCCC(C)(C(=O)O)C2)cc1OC(F)F. The number of rotatable bonds is 5. The van der Waals surface area contributed by atoms with Gasteiger partial charge in [-0.15, -0.1) is 0 Å². The van der Waals surface area contributed by atoms with Crippen molar-refractivity contribution in [3.63, 3.8) is 0 Å². The van der Waals surface area contributed by atoms with Gasteiger partial charge in [0.25, 0.3) is 5.91 Å². The number of ether oxygens (including phenoxy) is 2. The molecule has 8 heteroatoms. The first-order valence-electron chi connectivity index (χ1n) is 7.42. The van der Waals surface area contributed by atoms with Crippen LogP contribution in [-0.4, -0.2) is 48.7 Å². The third-order valence-electron chi connectivity index (χ3n) is 4.13. The first-order chi connectivity index (χ1) is 11.3. The van der Waals surface area contributed by atoms with E-state index in [1.165, 1.54) is 30.2 Å². The average molecular weight is 343 g/mol. The van der Waals surface area contributed by atoms with Gasteiger partial charge in [-0.25, -0.2) is 0 Å². The minimum Gasteiger partial charge on any atom is -0.493 e. The van der Waals surface area contributed by atoms with Gasteiger partial charge >= 0.3 is 12.6 Å². The fourth-order valence-electron chi connectivity index (χ4n) is 2.77. The Labute approximate surface area is 138 Å². The van der Waals surface area contributed by atoms with Crippen LogP contribution in [0.3, 0.4) is 0 Å². The van der Waals surface area contributed by atoms with E-state index in [2.05, 4.69) is 4.74 Å². The van der Waals surface area contributed by atoms with E-state index in [1.54, 1.807) is 6.92 Å². The van der Waals surface area contributed by atoms with Crippen LogP contribution in [0.25, 0.3) is 0 Å². The van der Waals surface area contributed by atoms with Crippen LogP contribution in [-0.2, 0) is 4.79 Å². The van der Waals surface area contributed by atoms with Crippen LogP contribution in [0.15, 0.2) is 18.2 Å². The van der Waals surface area contributed by atoms with Gasteiger partial charge in [0, 0.05) is 18.7 Å². The zero-order chi connectivity index (χ0) is 17.9. The molecule has 1 unspecified atom stereocenters. The predicted molar refractivity (Wildman–Crippen MR) is 80.5 cm³/mol. The highest BCUT2D eigenvalue weighted by atomic mass is 19.3. The van der Waals surface area contributed by atoms with Gasteiger partial charge in [-0.1, -0.05) is 0 Å². The molecule has 1 atom stereocenters. The maximum Gasteiger partial charge on any atom is 0.387 e. The summed E-state index contributed by atoms with van der Waals surface area (Å²) in [5.41, 5.74) is -0.871. The standard InChI is InChI=1S/C16H19F2NO5/c1-16(14(21)22)6-3-7-19(9-16)13(20)10-4-5-11(23-2)12(8-10)24-15(17)18/h4-5,8,15H,3,6-7,9H2,1-2H3,(H,21,22). The van der Waals surface area contributed by atoms with Crippen molar-refractivity contribution < 1.29 is 33.0 Å². The number of methoxy groups -OCH3 is 1. The number of hydrogen-bond acceptors (Lipinski definition) is 4. The first-order valence-corrected chi connectivity index (χ1v) is 7.42. The van der Waals surface area contributed by atoms with Gasteiger partial charge in [-0.3, -0.25) is 9.59 Å². The molecule has 24 heavy (non-hydrogen) atoms. The normalized spacial score (nSPS) is 20.8. The fourth-order valence-corrected chi connectivity index (χ4v) is 2.77. The summed E-state index contributed by atoms with van der Waals surface area (Å²) in [7, 11) is 1.30. The van der Waals surface area contributed by atoms with E-state index in [4.69, 9.17) is 4.74 Å². The molecule has 1 aromatic rings. The molecule has 0 aromatic heterocycles. The number of carbonyl (C=O) groups excluding carboxylic acids is 1. The van der Waals surface area contributed by atoms with Gasteiger partial charge in [0.2, 0.25) is 0 Å². The van der Waals surface area contributed by atoms with Gasteiger partial charge < -0.3 is 19.5 Å². The highest BCUT2D eigenvalue weighted by Crippen LogP contribution is 2.33. The van der Waals surface area contributed by atoms with Crippen LogP contribution < -0.4 is 9.47 Å². The van der Waals surface area contributed by atoms with E-state index in [0.717, 1.165) is 0 Å². The summed E-state index contributed by atoms with van der Waals surface area (Å²) in [6.07, 6.45) is 1.04. The molecule has 1 saturated heterocycles. The molecule has 0 bridgehead atoms. The number of aliphatic carboxylic acids is 1. The van der Waals surface area contributed by atoms with Crippen molar-refractivity contribution in [2.45, 2.75) is 26.4 Å². The lowest BCUT2D eigenvalue weighted by molar-refractivity contribution is -0.150. The molecule has 6 nitrogen and oxygen atoms in total. The van der Waals surface area contributed by atoms with E-state index in [-0.39, 0.29) is 23.6 Å². The van der Waals surface area contributed by atoms with Crippen molar-refractivity contribution in [1.82, 2.24) is 4.90 Å². The van der Waals surface area contributed by atoms with E-state index in [9.17, 15) is 23.5 Å². The number of amides is 1. The number of carboxylic acids is 1. The Hall–Kier alpha value is -2.38. The number of carbonyl (C=O) groups is 2. The Balaban J connectivity index is 2.24. The summed E-state index contributed by atoms with van der Waals surface area (Å²) in [5, 5.41) is 9.32. The van der Waals surface area contributed by atoms with Crippen molar-refractivity contribution in [2.75, 3.05) is 20.2 Å². The fraction of sp³-hybridized carbons (Fsp3) is 0.500. The molecule has 1 aliphatic rings. The Kier molecular flexibility index (Phi) is 5.26. The van der Waals surface area contributed by atoms with Crippen LogP contribution in [0.5, 0.6) is 11.5 Å². The Morgan fingerprint density at radius 3 is 2.62 bits per heavy atom. The second-order valence-electron chi connectivity index (χ2n) is 5.94. The maximum atomic E-state index is 12.6. The monoisotopic (exact) mass is 343 g/mol. The number of alkyl halides is 2. The van der Waals surface area contributed by atoms with Gasteiger partial charge in [0.15, 0.2) is 11.5 Å². The zero-order valence-electron chi connectivity index (χ0n) is 13.4. The van der Waals surface area contributed by atoms with Crippen LogP contribution in [0.1, 0.15) is 30.1 Å². The molecule has 1 N–H and O–H groups in total. The largest absolute Gasteiger partial charge is 0.493 e. The van der Waals surface area contributed by atoms with Crippen LogP contribution in [0.2, 0.25) is 0 Å². The quantitative estimate of drug-likeness (QED) is 0.889. The molecule has 0 spiro atoms. The lowest BCUT2D eigenvalue weighted by Crippen LogP contribution is -2.48. The van der Waals surface area contributed by atoms with Crippen LogP contribution in [0.4, 0.5) is 8.78 Å². The molecular weight excluding hydrogens is 324 g/mol. The van der Waals surface area contributed by atoms with Crippen molar-refractivity contribution in [1.29, 1.82) is 0 Å². The highest BCUT2D eigenvalue weighted by molar-refractivity contribution is 5.95. The molecule has 132 valence electrons. The third kappa shape index (κ3) is 3.74. The first kappa shape index (κ1) is 18.0. The molecular formula is C16H19F2NO5. The summed E-state index contributed by atoms with van der Waals surface area (Å²) in [6.45, 7) is -0.972. The minimum atomic E-state index is -3.05. The molecule has 1 amide bonds. The van der Waals surface area contributed by atoms with Crippen molar-refractivity contribution in [3.05, 3.63) is 23.8 Å². The second-order valence-corrected chi connectivity index (χ2v) is 5.94. The maximum absolute atomic E-state index is 12.6. The van der Waals surface area contributed by atoms with Gasteiger partial charge in [0.05, 0.1) is 12.5 Å². The average Bonchev–Trinajstić information content (AvgIpc) is 2.53. The van der Waals surface area contributed by atoms with Crippen molar-refractivity contribution in [2.24, 2.45) is 5.41 Å². The number of benzene rings is 1. The topological polar surface area (TPSA) is 76.1 Å². The lowest BCUT2D eigenvalue weighted by atomic mass is 9.82. The molecule has 0 saturated carbocycles. The van der Waals surface area contributed by atoms with Crippen molar-refractivity contribution >= 4 is 11.9 Å². The summed E-state index contributed by atoms with van der Waals surface area (Å²) in [5.74, 6) is -1.54. The number of halogens is 2.